The predicted octanol–water partition coefficient (Wildman–Crippen LogP) is 2.91. The highest BCUT2D eigenvalue weighted by atomic mass is 32.1. The molecule has 116 valence electrons. The van der Waals surface area contributed by atoms with Crippen LogP contribution in [0, 0.1) is 10.1 Å². The van der Waals surface area contributed by atoms with Crippen LogP contribution in [0.25, 0.3) is 0 Å². The van der Waals surface area contributed by atoms with E-state index in [1.165, 1.54) is 10.9 Å². The third-order valence-electron chi connectivity index (χ3n) is 2.95. The van der Waals surface area contributed by atoms with E-state index >= 15 is 0 Å². The van der Waals surface area contributed by atoms with Gasteiger partial charge < -0.3 is 10.6 Å². The van der Waals surface area contributed by atoms with Crippen LogP contribution in [-0.2, 0) is 13.1 Å². The fourth-order valence-corrected chi connectivity index (χ4v) is 2.56. The van der Waals surface area contributed by atoms with Crippen molar-refractivity contribution in [3.8, 4) is 0 Å². The maximum Gasteiger partial charge on any atom is 0.274 e. The van der Waals surface area contributed by atoms with Crippen LogP contribution in [0.4, 0.5) is 5.69 Å². The third-order valence-corrected chi connectivity index (χ3v) is 3.83. The lowest BCUT2D eigenvalue weighted by atomic mass is 10.2. The number of rotatable bonds is 6. The van der Waals surface area contributed by atoms with Gasteiger partial charge in [0, 0.05) is 17.5 Å². The molecule has 1 heterocycles. The van der Waals surface area contributed by atoms with Gasteiger partial charge >= 0.3 is 0 Å². The Morgan fingerprint density at radius 1 is 1.27 bits per heavy atom. The molecule has 0 atom stereocenters. The number of hydrogen-bond acceptors (Lipinski definition) is 4. The van der Waals surface area contributed by atoms with Crippen molar-refractivity contribution in [1.29, 1.82) is 0 Å². The van der Waals surface area contributed by atoms with Gasteiger partial charge in [0.2, 0.25) is 0 Å². The molecule has 0 bridgehead atoms. The Morgan fingerprint density at radius 2 is 2.09 bits per heavy atom. The van der Waals surface area contributed by atoms with Gasteiger partial charge in [-0.15, -0.1) is 11.3 Å². The summed E-state index contributed by atoms with van der Waals surface area (Å²) in [6, 6.07) is 10.7. The molecule has 1 aromatic heterocycles. The van der Waals surface area contributed by atoms with Crippen LogP contribution in [0.2, 0.25) is 0 Å². The first-order valence-corrected chi connectivity index (χ1v) is 7.85. The van der Waals surface area contributed by atoms with Crippen molar-refractivity contribution in [1.82, 2.24) is 10.6 Å². The third kappa shape index (κ3) is 4.56. The number of thiophene rings is 1. The Kier molecular flexibility index (Phi) is 5.91. The standard InChI is InChI=1S/C15H18N4O2S/c1-2-16-15(18-11-13-7-5-9-22-13)17-10-12-6-3-4-8-14(12)19(20)21/h3-9H,2,10-11H2,1H3,(H2,16,17,18). The first kappa shape index (κ1) is 16.0. The molecule has 0 unspecified atom stereocenters. The average molecular weight is 318 g/mol. The summed E-state index contributed by atoms with van der Waals surface area (Å²) in [6.07, 6.45) is 0. The summed E-state index contributed by atoms with van der Waals surface area (Å²) in [5.74, 6) is 0.647. The van der Waals surface area contributed by atoms with E-state index in [1.807, 2.05) is 24.4 Å². The smallest absolute Gasteiger partial charge is 0.274 e. The molecule has 2 rings (SSSR count). The van der Waals surface area contributed by atoms with E-state index < -0.39 is 0 Å². The van der Waals surface area contributed by atoms with E-state index in [2.05, 4.69) is 15.6 Å². The van der Waals surface area contributed by atoms with Gasteiger partial charge in [0.15, 0.2) is 5.96 Å². The molecule has 0 radical (unpaired) electrons. The van der Waals surface area contributed by atoms with Crippen molar-refractivity contribution < 1.29 is 4.92 Å². The molecular weight excluding hydrogens is 300 g/mol. The number of nitrogens with zero attached hydrogens (tertiary/aromatic N) is 2. The van der Waals surface area contributed by atoms with Crippen LogP contribution in [0.15, 0.2) is 46.8 Å². The Balaban J connectivity index is 2.05. The summed E-state index contributed by atoms with van der Waals surface area (Å²) in [4.78, 5) is 16.2. The van der Waals surface area contributed by atoms with Crippen LogP contribution in [0.5, 0.6) is 0 Å². The summed E-state index contributed by atoms with van der Waals surface area (Å²) in [5, 5.41) is 19.4. The Morgan fingerprint density at radius 3 is 2.77 bits per heavy atom. The fraction of sp³-hybridized carbons (Fsp3) is 0.267. The van der Waals surface area contributed by atoms with Gasteiger partial charge in [-0.3, -0.25) is 10.1 Å². The molecule has 2 aromatic rings. The average Bonchev–Trinajstić information content (AvgIpc) is 3.03. The van der Waals surface area contributed by atoms with Crippen molar-refractivity contribution >= 4 is 23.0 Å². The molecule has 6 nitrogen and oxygen atoms in total. The number of nitrogens with one attached hydrogen (secondary N) is 2. The molecule has 0 spiro atoms. The summed E-state index contributed by atoms with van der Waals surface area (Å²) in [7, 11) is 0. The van der Waals surface area contributed by atoms with Crippen LogP contribution in [0.1, 0.15) is 17.4 Å². The molecular formula is C15H18N4O2S. The van der Waals surface area contributed by atoms with E-state index in [9.17, 15) is 10.1 Å². The minimum Gasteiger partial charge on any atom is -0.357 e. The second-order valence-corrected chi connectivity index (χ2v) is 5.55. The van der Waals surface area contributed by atoms with Gasteiger partial charge in [-0.2, -0.15) is 0 Å². The zero-order valence-electron chi connectivity index (χ0n) is 12.3. The summed E-state index contributed by atoms with van der Waals surface area (Å²) < 4.78 is 0. The lowest BCUT2D eigenvalue weighted by Crippen LogP contribution is -2.36. The van der Waals surface area contributed by atoms with Crippen molar-refractivity contribution in [2.24, 2.45) is 4.99 Å². The van der Waals surface area contributed by atoms with Gasteiger partial charge in [-0.25, -0.2) is 4.99 Å². The van der Waals surface area contributed by atoms with Crippen LogP contribution >= 0.6 is 11.3 Å². The Labute approximate surface area is 133 Å². The van der Waals surface area contributed by atoms with Crippen LogP contribution < -0.4 is 10.6 Å². The van der Waals surface area contributed by atoms with Crippen LogP contribution in [-0.4, -0.2) is 17.4 Å². The van der Waals surface area contributed by atoms with Gasteiger partial charge in [-0.1, -0.05) is 24.3 Å². The molecule has 2 N–H and O–H groups in total. The number of para-hydroxylation sites is 1. The van der Waals surface area contributed by atoms with Gasteiger partial charge in [-0.05, 0) is 18.4 Å². The largest absolute Gasteiger partial charge is 0.357 e. The molecule has 0 saturated heterocycles. The molecule has 0 aliphatic heterocycles. The molecule has 0 aliphatic rings. The van der Waals surface area contributed by atoms with E-state index in [0.29, 0.717) is 18.1 Å². The number of hydrogen-bond donors (Lipinski definition) is 2. The maximum atomic E-state index is 11.0. The second kappa shape index (κ2) is 8.14. The lowest BCUT2D eigenvalue weighted by molar-refractivity contribution is -0.385. The van der Waals surface area contributed by atoms with Crippen molar-refractivity contribution in [3.05, 3.63) is 62.3 Å². The van der Waals surface area contributed by atoms with Crippen molar-refractivity contribution in [3.63, 3.8) is 0 Å². The fourth-order valence-electron chi connectivity index (χ4n) is 1.91. The zero-order valence-corrected chi connectivity index (χ0v) is 13.1. The lowest BCUT2D eigenvalue weighted by Gasteiger charge is -2.10. The topological polar surface area (TPSA) is 79.6 Å². The molecule has 0 amide bonds. The number of guanidine groups is 1. The normalized spacial score (nSPS) is 11.2. The Hall–Kier alpha value is -2.41. The highest BCUT2D eigenvalue weighted by molar-refractivity contribution is 7.09. The van der Waals surface area contributed by atoms with Gasteiger partial charge in [0.05, 0.1) is 23.6 Å². The van der Waals surface area contributed by atoms with E-state index in [4.69, 9.17) is 0 Å². The minimum atomic E-state index is -0.378. The molecule has 0 aliphatic carbocycles. The van der Waals surface area contributed by atoms with Gasteiger partial charge in [0.1, 0.15) is 0 Å². The number of benzene rings is 1. The minimum absolute atomic E-state index is 0.0976. The quantitative estimate of drug-likeness (QED) is 0.371. The van der Waals surface area contributed by atoms with E-state index in [0.717, 1.165) is 6.54 Å². The van der Waals surface area contributed by atoms with Crippen molar-refractivity contribution in [2.75, 3.05) is 6.54 Å². The number of aliphatic imine (C=N–C) groups is 1. The summed E-state index contributed by atoms with van der Waals surface area (Å²) >= 11 is 1.67. The summed E-state index contributed by atoms with van der Waals surface area (Å²) in [5.41, 5.74) is 0.696. The Bertz CT molecular complexity index is 641. The number of nitro groups is 1. The van der Waals surface area contributed by atoms with E-state index in [-0.39, 0.29) is 17.2 Å². The maximum absolute atomic E-state index is 11.0. The predicted molar refractivity (Wildman–Crippen MR) is 89.1 cm³/mol. The van der Waals surface area contributed by atoms with E-state index in [1.54, 1.807) is 29.5 Å². The van der Waals surface area contributed by atoms with Crippen LogP contribution in [0.3, 0.4) is 0 Å². The second-order valence-electron chi connectivity index (χ2n) is 4.51. The number of nitro benzene ring substituents is 1. The molecule has 0 fully saturated rings. The molecule has 22 heavy (non-hydrogen) atoms. The molecule has 7 heteroatoms. The first-order chi connectivity index (χ1) is 10.7. The SMILES string of the molecule is CCNC(=NCc1ccccc1[N+](=O)[O-])NCc1cccs1. The first-order valence-electron chi connectivity index (χ1n) is 6.97. The highest BCUT2D eigenvalue weighted by Gasteiger charge is 2.11. The highest BCUT2D eigenvalue weighted by Crippen LogP contribution is 2.18. The molecule has 0 saturated carbocycles. The zero-order chi connectivity index (χ0) is 15.8. The monoisotopic (exact) mass is 318 g/mol. The summed E-state index contributed by atoms with van der Waals surface area (Å²) in [6.45, 7) is 3.65. The molecule has 1 aromatic carbocycles. The van der Waals surface area contributed by atoms with Gasteiger partial charge in [0.25, 0.3) is 5.69 Å². The van der Waals surface area contributed by atoms with Crippen molar-refractivity contribution in [2.45, 2.75) is 20.0 Å².